The highest BCUT2D eigenvalue weighted by atomic mass is 32.1. The van der Waals surface area contributed by atoms with E-state index < -0.39 is 0 Å². The van der Waals surface area contributed by atoms with E-state index in [0.29, 0.717) is 36.6 Å². The molecule has 0 aromatic carbocycles. The summed E-state index contributed by atoms with van der Waals surface area (Å²) in [6.45, 7) is 0.994. The predicted octanol–water partition coefficient (Wildman–Crippen LogP) is 2.59. The van der Waals surface area contributed by atoms with E-state index in [1.54, 1.807) is 23.5 Å². The fourth-order valence-electron chi connectivity index (χ4n) is 2.53. The molecule has 7 heteroatoms. The van der Waals surface area contributed by atoms with Crippen LogP contribution in [0.3, 0.4) is 0 Å². The van der Waals surface area contributed by atoms with Gasteiger partial charge >= 0.3 is 6.03 Å². The summed E-state index contributed by atoms with van der Waals surface area (Å²) in [4.78, 5) is 16.2. The molecular weight excluding hydrogens is 302 g/mol. The Labute approximate surface area is 131 Å². The zero-order chi connectivity index (χ0) is 14.9. The van der Waals surface area contributed by atoms with Gasteiger partial charge in [-0.05, 0) is 40.9 Å². The molecule has 6 nitrogen and oxygen atoms in total. The van der Waals surface area contributed by atoms with Crippen molar-refractivity contribution in [2.45, 2.75) is 18.4 Å². The van der Waals surface area contributed by atoms with Gasteiger partial charge in [0, 0.05) is 12.0 Å². The molecule has 114 valence electrons. The van der Waals surface area contributed by atoms with Crippen LogP contribution in [0.1, 0.15) is 17.9 Å². The number of hydrogen-bond donors (Lipinski definition) is 2. The summed E-state index contributed by atoms with van der Waals surface area (Å²) >= 11 is 1.68. The van der Waals surface area contributed by atoms with E-state index >= 15 is 0 Å². The van der Waals surface area contributed by atoms with Crippen LogP contribution in [0.25, 0.3) is 0 Å². The molecule has 0 unspecified atom stereocenters. The second kappa shape index (κ2) is 5.49. The summed E-state index contributed by atoms with van der Waals surface area (Å²) in [5.74, 6) is 1.92. The quantitative estimate of drug-likeness (QED) is 0.912. The van der Waals surface area contributed by atoms with Gasteiger partial charge in [0.15, 0.2) is 5.75 Å². The van der Waals surface area contributed by atoms with E-state index in [1.165, 1.54) is 5.56 Å². The first-order chi connectivity index (χ1) is 10.8. The Kier molecular flexibility index (Phi) is 3.34. The third-order valence-corrected chi connectivity index (χ3v) is 4.43. The van der Waals surface area contributed by atoms with Gasteiger partial charge in [-0.1, -0.05) is 0 Å². The molecule has 0 spiro atoms. The van der Waals surface area contributed by atoms with Crippen LogP contribution in [-0.2, 0) is 0 Å². The molecule has 1 fully saturated rings. The Hall–Kier alpha value is -2.28. The summed E-state index contributed by atoms with van der Waals surface area (Å²) < 4.78 is 10.8. The zero-order valence-electron chi connectivity index (χ0n) is 11.7. The molecular formula is C15H15N3O3S. The molecule has 1 aliphatic heterocycles. The van der Waals surface area contributed by atoms with Gasteiger partial charge in [-0.25, -0.2) is 4.79 Å². The van der Waals surface area contributed by atoms with E-state index in [2.05, 4.69) is 32.4 Å². The molecule has 22 heavy (non-hydrogen) atoms. The van der Waals surface area contributed by atoms with Crippen LogP contribution in [-0.4, -0.2) is 30.3 Å². The van der Waals surface area contributed by atoms with Crippen molar-refractivity contribution in [1.82, 2.24) is 10.3 Å². The number of urea groups is 1. The number of nitrogens with one attached hydrogen (secondary N) is 2. The first-order valence-corrected chi connectivity index (χ1v) is 8.10. The zero-order valence-corrected chi connectivity index (χ0v) is 12.6. The Balaban J connectivity index is 1.35. The van der Waals surface area contributed by atoms with Gasteiger partial charge < -0.3 is 14.8 Å². The van der Waals surface area contributed by atoms with E-state index in [-0.39, 0.29) is 12.1 Å². The summed E-state index contributed by atoms with van der Waals surface area (Å²) in [6, 6.07) is 5.52. The van der Waals surface area contributed by atoms with Gasteiger partial charge in [0.05, 0.1) is 0 Å². The molecule has 2 N–H and O–H groups in total. The molecule has 2 aromatic rings. The highest BCUT2D eigenvalue weighted by Crippen LogP contribution is 2.41. The average molecular weight is 317 g/mol. The van der Waals surface area contributed by atoms with Crippen molar-refractivity contribution in [3.8, 4) is 11.6 Å². The maximum Gasteiger partial charge on any atom is 0.320 e. The van der Waals surface area contributed by atoms with Crippen molar-refractivity contribution in [3.05, 3.63) is 34.5 Å². The summed E-state index contributed by atoms with van der Waals surface area (Å²) in [5, 5.41) is 9.89. The van der Waals surface area contributed by atoms with Gasteiger partial charge in [-0.3, -0.25) is 5.32 Å². The van der Waals surface area contributed by atoms with Crippen LogP contribution in [0.15, 0.2) is 29.0 Å². The molecule has 2 aliphatic rings. The lowest BCUT2D eigenvalue weighted by Crippen LogP contribution is -2.31. The van der Waals surface area contributed by atoms with Crippen molar-refractivity contribution in [3.63, 3.8) is 0 Å². The van der Waals surface area contributed by atoms with Crippen LogP contribution in [0, 0.1) is 0 Å². The number of pyridine rings is 1. The minimum absolute atomic E-state index is 0.201. The molecule has 0 bridgehead atoms. The smallest absolute Gasteiger partial charge is 0.320 e. The second-order valence-corrected chi connectivity index (χ2v) is 6.08. The summed E-state index contributed by atoms with van der Waals surface area (Å²) in [6.07, 6.45) is 0.985. The van der Waals surface area contributed by atoms with Gasteiger partial charge in [-0.15, -0.1) is 0 Å². The molecule has 2 atom stereocenters. The van der Waals surface area contributed by atoms with Gasteiger partial charge in [-0.2, -0.15) is 16.3 Å². The lowest BCUT2D eigenvalue weighted by Gasteiger charge is -2.17. The van der Waals surface area contributed by atoms with E-state index in [4.69, 9.17) is 9.47 Å². The maximum atomic E-state index is 12.0. The van der Waals surface area contributed by atoms with Crippen LogP contribution >= 0.6 is 11.3 Å². The third-order valence-electron chi connectivity index (χ3n) is 3.72. The van der Waals surface area contributed by atoms with E-state index in [9.17, 15) is 4.79 Å². The second-order valence-electron chi connectivity index (χ2n) is 5.30. The first-order valence-electron chi connectivity index (χ1n) is 7.16. The molecule has 0 radical (unpaired) electrons. The van der Waals surface area contributed by atoms with Crippen molar-refractivity contribution in [1.29, 1.82) is 0 Å². The van der Waals surface area contributed by atoms with Crippen molar-refractivity contribution < 1.29 is 14.3 Å². The van der Waals surface area contributed by atoms with Crippen LogP contribution in [0.5, 0.6) is 11.6 Å². The highest BCUT2D eigenvalue weighted by Gasteiger charge is 2.39. The number of carbonyl (C=O) groups excluding carboxylic acids is 1. The molecule has 1 aliphatic carbocycles. The SMILES string of the molecule is O=C(Nc1ccc2c(n1)OCCO2)N[C@@H]1C[C@H]1c1ccsc1. The number of hydrogen-bond acceptors (Lipinski definition) is 5. The minimum Gasteiger partial charge on any atom is -0.484 e. The lowest BCUT2D eigenvalue weighted by atomic mass is 10.2. The molecule has 3 heterocycles. The topological polar surface area (TPSA) is 72.5 Å². The normalized spacial score (nSPS) is 22.0. The average Bonchev–Trinajstić information content (AvgIpc) is 3.07. The van der Waals surface area contributed by atoms with Gasteiger partial charge in [0.2, 0.25) is 0 Å². The number of thiophene rings is 1. The van der Waals surface area contributed by atoms with E-state index in [0.717, 1.165) is 6.42 Å². The summed E-state index contributed by atoms with van der Waals surface area (Å²) in [5.41, 5.74) is 1.30. The Morgan fingerprint density at radius 3 is 3.05 bits per heavy atom. The molecule has 0 saturated heterocycles. The molecule has 1 saturated carbocycles. The van der Waals surface area contributed by atoms with Crippen LogP contribution in [0.4, 0.5) is 10.6 Å². The number of rotatable bonds is 3. The number of aromatic nitrogens is 1. The van der Waals surface area contributed by atoms with Crippen LogP contribution in [0.2, 0.25) is 0 Å². The molecule has 2 aromatic heterocycles. The molecule has 2 amide bonds. The number of fused-ring (bicyclic) bond motifs is 1. The maximum absolute atomic E-state index is 12.0. The number of nitrogens with zero attached hydrogens (tertiary/aromatic N) is 1. The van der Waals surface area contributed by atoms with Crippen molar-refractivity contribution in [2.24, 2.45) is 0 Å². The van der Waals surface area contributed by atoms with Crippen molar-refractivity contribution >= 4 is 23.2 Å². The lowest BCUT2D eigenvalue weighted by molar-refractivity contribution is 0.164. The standard InChI is InChI=1S/C15H15N3O3S/c19-15(16-11-7-10(11)9-3-6-22-8-9)18-13-2-1-12-14(17-13)21-5-4-20-12/h1-3,6,8,10-11H,4-5,7H2,(H2,16,17,18,19)/t10-,11+/m0/s1. The first kappa shape index (κ1) is 13.4. The van der Waals surface area contributed by atoms with E-state index in [1.807, 2.05) is 0 Å². The highest BCUT2D eigenvalue weighted by molar-refractivity contribution is 7.08. The number of amides is 2. The monoisotopic (exact) mass is 317 g/mol. The Morgan fingerprint density at radius 1 is 1.27 bits per heavy atom. The van der Waals surface area contributed by atoms with Crippen molar-refractivity contribution in [2.75, 3.05) is 18.5 Å². The fourth-order valence-corrected chi connectivity index (χ4v) is 3.25. The predicted molar refractivity (Wildman–Crippen MR) is 82.8 cm³/mol. The summed E-state index contributed by atoms with van der Waals surface area (Å²) in [7, 11) is 0. The molecule has 4 rings (SSSR count). The minimum atomic E-state index is -0.244. The largest absolute Gasteiger partial charge is 0.484 e. The number of carbonyl (C=O) groups is 1. The Bertz CT molecular complexity index is 689. The van der Waals surface area contributed by atoms with Gasteiger partial charge in [0.25, 0.3) is 5.88 Å². The number of ether oxygens (including phenoxy) is 2. The Morgan fingerprint density at radius 2 is 2.18 bits per heavy atom. The fraction of sp³-hybridized carbons (Fsp3) is 0.333. The number of anilines is 1. The van der Waals surface area contributed by atoms with Gasteiger partial charge in [0.1, 0.15) is 19.0 Å². The van der Waals surface area contributed by atoms with Crippen LogP contribution < -0.4 is 20.1 Å². The third kappa shape index (κ3) is 2.71.